The standard InChI is InChI=1S/C19H17ClN2O2/c1-12-7-9-13(10-8-12)11-15(19(23)24)16-17(20)22-18(21-16)14-5-3-2-4-6-14/h2-10,15H,11H2,1H3,(H,21,22)(H,23,24). The molecule has 1 atom stereocenters. The van der Waals surface area contributed by atoms with Gasteiger partial charge in [0.05, 0.1) is 5.69 Å². The molecule has 3 rings (SSSR count). The molecule has 0 fully saturated rings. The Bertz CT molecular complexity index is 842. The van der Waals surface area contributed by atoms with E-state index in [9.17, 15) is 9.90 Å². The zero-order chi connectivity index (χ0) is 17.1. The summed E-state index contributed by atoms with van der Waals surface area (Å²) >= 11 is 6.22. The molecule has 0 saturated heterocycles. The van der Waals surface area contributed by atoms with Gasteiger partial charge in [0.15, 0.2) is 5.15 Å². The van der Waals surface area contributed by atoms with E-state index in [2.05, 4.69) is 9.97 Å². The molecule has 0 aliphatic heterocycles. The van der Waals surface area contributed by atoms with Crippen LogP contribution in [0.2, 0.25) is 5.15 Å². The van der Waals surface area contributed by atoms with E-state index in [-0.39, 0.29) is 5.15 Å². The number of aromatic amines is 1. The lowest BCUT2D eigenvalue weighted by Crippen LogP contribution is -2.15. The highest BCUT2D eigenvalue weighted by Crippen LogP contribution is 2.29. The highest BCUT2D eigenvalue weighted by molar-refractivity contribution is 6.30. The number of hydrogen-bond acceptors (Lipinski definition) is 2. The van der Waals surface area contributed by atoms with E-state index in [1.807, 2.05) is 61.5 Å². The van der Waals surface area contributed by atoms with E-state index in [4.69, 9.17) is 11.6 Å². The van der Waals surface area contributed by atoms with Gasteiger partial charge in [-0.15, -0.1) is 0 Å². The normalized spacial score (nSPS) is 12.1. The number of rotatable bonds is 5. The Kier molecular flexibility index (Phi) is 4.67. The Balaban J connectivity index is 1.93. The molecule has 1 heterocycles. The number of hydrogen-bond donors (Lipinski definition) is 2. The average molecular weight is 341 g/mol. The summed E-state index contributed by atoms with van der Waals surface area (Å²) in [5.41, 5.74) is 3.38. The predicted molar refractivity (Wildman–Crippen MR) is 94.3 cm³/mol. The van der Waals surface area contributed by atoms with Crippen LogP contribution in [0.15, 0.2) is 54.6 Å². The second-order valence-corrected chi connectivity index (χ2v) is 6.09. The first-order valence-corrected chi connectivity index (χ1v) is 8.01. The average Bonchev–Trinajstić information content (AvgIpc) is 2.96. The van der Waals surface area contributed by atoms with Crippen molar-refractivity contribution in [1.29, 1.82) is 0 Å². The van der Waals surface area contributed by atoms with E-state index < -0.39 is 11.9 Å². The summed E-state index contributed by atoms with van der Waals surface area (Å²) in [6.07, 6.45) is 0.353. The summed E-state index contributed by atoms with van der Waals surface area (Å²) in [7, 11) is 0. The molecule has 2 N–H and O–H groups in total. The lowest BCUT2D eigenvalue weighted by molar-refractivity contribution is -0.138. The number of aromatic nitrogens is 2. The minimum atomic E-state index is -0.930. The molecule has 4 nitrogen and oxygen atoms in total. The Labute approximate surface area is 145 Å². The number of carboxylic acids is 1. The number of aliphatic carboxylic acids is 1. The van der Waals surface area contributed by atoms with Crippen LogP contribution in [-0.2, 0) is 11.2 Å². The first-order chi connectivity index (χ1) is 11.5. The number of carboxylic acid groups (broad SMARTS) is 1. The molecule has 5 heteroatoms. The fourth-order valence-corrected chi connectivity index (χ4v) is 2.87. The lowest BCUT2D eigenvalue weighted by atomic mass is 9.96. The molecule has 24 heavy (non-hydrogen) atoms. The van der Waals surface area contributed by atoms with Crippen molar-refractivity contribution in [3.05, 3.63) is 76.6 Å². The number of halogens is 1. The monoisotopic (exact) mass is 340 g/mol. The van der Waals surface area contributed by atoms with Crippen LogP contribution < -0.4 is 0 Å². The molecule has 3 aromatic rings. The summed E-state index contributed by atoms with van der Waals surface area (Å²) in [6.45, 7) is 2.00. The van der Waals surface area contributed by atoms with E-state index in [1.165, 1.54) is 0 Å². The van der Waals surface area contributed by atoms with Crippen LogP contribution in [-0.4, -0.2) is 21.0 Å². The third kappa shape index (κ3) is 3.49. The highest BCUT2D eigenvalue weighted by atomic mass is 35.5. The molecule has 2 aromatic carbocycles. The molecule has 0 aliphatic rings. The molecular weight excluding hydrogens is 324 g/mol. The van der Waals surface area contributed by atoms with Gasteiger partial charge in [0.2, 0.25) is 0 Å². The van der Waals surface area contributed by atoms with Crippen LogP contribution >= 0.6 is 11.6 Å². The van der Waals surface area contributed by atoms with Gasteiger partial charge in [-0.1, -0.05) is 71.8 Å². The zero-order valence-corrected chi connectivity index (χ0v) is 13.9. The summed E-state index contributed by atoms with van der Waals surface area (Å²) in [5, 5.41) is 9.84. The first-order valence-electron chi connectivity index (χ1n) is 7.64. The Hall–Kier alpha value is -2.59. The molecule has 0 amide bonds. The molecule has 1 aromatic heterocycles. The van der Waals surface area contributed by atoms with Gasteiger partial charge < -0.3 is 10.1 Å². The molecule has 1 unspecified atom stereocenters. The maximum atomic E-state index is 11.8. The number of benzene rings is 2. The first kappa shape index (κ1) is 16.3. The SMILES string of the molecule is Cc1ccc(CC(C(=O)O)c2[nH]c(-c3ccccc3)nc2Cl)cc1. The zero-order valence-electron chi connectivity index (χ0n) is 13.2. The molecule has 0 radical (unpaired) electrons. The minimum absolute atomic E-state index is 0.202. The van der Waals surface area contributed by atoms with Crippen molar-refractivity contribution in [3.8, 4) is 11.4 Å². The largest absolute Gasteiger partial charge is 0.481 e. The molecule has 0 bridgehead atoms. The number of aryl methyl sites for hydroxylation is 1. The van der Waals surface area contributed by atoms with Crippen molar-refractivity contribution in [2.75, 3.05) is 0 Å². The van der Waals surface area contributed by atoms with Crippen LogP contribution in [0.1, 0.15) is 22.7 Å². The number of H-pyrrole nitrogens is 1. The maximum absolute atomic E-state index is 11.8. The number of nitrogens with zero attached hydrogens (tertiary/aromatic N) is 1. The third-order valence-electron chi connectivity index (χ3n) is 3.94. The Morgan fingerprint density at radius 1 is 1.17 bits per heavy atom. The summed E-state index contributed by atoms with van der Waals surface area (Å²) in [4.78, 5) is 19.1. The van der Waals surface area contributed by atoms with E-state index in [0.29, 0.717) is 17.9 Å². The second-order valence-electron chi connectivity index (χ2n) is 5.74. The van der Waals surface area contributed by atoms with Crippen molar-refractivity contribution in [3.63, 3.8) is 0 Å². The van der Waals surface area contributed by atoms with Crippen molar-refractivity contribution in [2.45, 2.75) is 19.3 Å². The Morgan fingerprint density at radius 2 is 1.83 bits per heavy atom. The quantitative estimate of drug-likeness (QED) is 0.721. The van der Waals surface area contributed by atoms with Gasteiger partial charge in [0.25, 0.3) is 0 Å². The summed E-state index contributed by atoms with van der Waals surface area (Å²) in [6, 6.07) is 17.3. The number of nitrogens with one attached hydrogen (secondary N) is 1. The van der Waals surface area contributed by atoms with Gasteiger partial charge in [-0.3, -0.25) is 4.79 Å². The molecule has 0 aliphatic carbocycles. The molecule has 122 valence electrons. The third-order valence-corrected chi connectivity index (χ3v) is 4.23. The van der Waals surface area contributed by atoms with Crippen molar-refractivity contribution >= 4 is 17.6 Å². The topological polar surface area (TPSA) is 66.0 Å². The fourth-order valence-electron chi connectivity index (χ4n) is 2.60. The lowest BCUT2D eigenvalue weighted by Gasteiger charge is -2.11. The van der Waals surface area contributed by atoms with E-state index >= 15 is 0 Å². The molecule has 0 saturated carbocycles. The fraction of sp³-hybridized carbons (Fsp3) is 0.158. The molecule has 0 spiro atoms. The second kappa shape index (κ2) is 6.89. The van der Waals surface area contributed by atoms with Gasteiger partial charge in [0.1, 0.15) is 11.7 Å². The smallest absolute Gasteiger partial charge is 0.312 e. The highest BCUT2D eigenvalue weighted by Gasteiger charge is 2.26. The van der Waals surface area contributed by atoms with Crippen molar-refractivity contribution in [2.24, 2.45) is 0 Å². The molecular formula is C19H17ClN2O2. The van der Waals surface area contributed by atoms with Gasteiger partial charge in [-0.05, 0) is 18.9 Å². The van der Waals surface area contributed by atoms with Crippen molar-refractivity contribution < 1.29 is 9.90 Å². The minimum Gasteiger partial charge on any atom is -0.481 e. The van der Waals surface area contributed by atoms with Gasteiger partial charge in [0, 0.05) is 5.56 Å². The predicted octanol–water partition coefficient (Wildman–Crippen LogP) is 4.45. The number of carbonyl (C=O) groups is 1. The van der Waals surface area contributed by atoms with Gasteiger partial charge >= 0.3 is 5.97 Å². The van der Waals surface area contributed by atoms with Crippen LogP contribution in [0.5, 0.6) is 0 Å². The van der Waals surface area contributed by atoms with Crippen LogP contribution in [0.25, 0.3) is 11.4 Å². The number of imidazole rings is 1. The van der Waals surface area contributed by atoms with Crippen molar-refractivity contribution in [1.82, 2.24) is 9.97 Å². The van der Waals surface area contributed by atoms with Crippen LogP contribution in [0.4, 0.5) is 0 Å². The van der Waals surface area contributed by atoms with E-state index in [1.54, 1.807) is 0 Å². The summed E-state index contributed by atoms with van der Waals surface area (Å²) < 4.78 is 0. The van der Waals surface area contributed by atoms with Crippen LogP contribution in [0, 0.1) is 6.92 Å². The van der Waals surface area contributed by atoms with Gasteiger partial charge in [-0.2, -0.15) is 0 Å². The van der Waals surface area contributed by atoms with Gasteiger partial charge in [-0.25, -0.2) is 4.98 Å². The summed E-state index contributed by atoms with van der Waals surface area (Å²) in [5.74, 6) is -1.13. The Morgan fingerprint density at radius 3 is 2.46 bits per heavy atom. The van der Waals surface area contributed by atoms with E-state index in [0.717, 1.165) is 16.7 Å². The maximum Gasteiger partial charge on any atom is 0.312 e. The van der Waals surface area contributed by atoms with Crippen LogP contribution in [0.3, 0.4) is 0 Å².